The molecule has 3 heteroatoms. The molecule has 6 aromatic rings. The average molecular weight is 470 g/mol. The number of rotatable bonds is 3. The molecular weight excluding hydrogens is 449 g/mol. The van der Waals surface area contributed by atoms with Gasteiger partial charge in [-0.05, 0) is 63.7 Å². The zero-order chi connectivity index (χ0) is 23.4. The summed E-state index contributed by atoms with van der Waals surface area (Å²) in [5, 5.41) is 1.01. The molecule has 1 atom stereocenters. The lowest BCUT2D eigenvalue weighted by molar-refractivity contribution is 0.625. The molecule has 35 heavy (non-hydrogen) atoms. The van der Waals surface area contributed by atoms with Crippen LogP contribution in [-0.2, 0) is 5.41 Å². The van der Waals surface area contributed by atoms with Gasteiger partial charge in [0, 0.05) is 5.56 Å². The smallest absolute Gasteiger partial charge is 0.124 e. The van der Waals surface area contributed by atoms with Gasteiger partial charge < -0.3 is 0 Å². The van der Waals surface area contributed by atoms with E-state index in [0.717, 1.165) is 21.7 Å². The second-order valence-corrected chi connectivity index (χ2v) is 9.95. The maximum absolute atomic E-state index is 14.1. The van der Waals surface area contributed by atoms with E-state index in [1.54, 1.807) is 23.5 Å². The highest BCUT2D eigenvalue weighted by atomic mass is 32.1. The predicted octanol–water partition coefficient (Wildman–Crippen LogP) is 8.47. The predicted molar refractivity (Wildman–Crippen MR) is 142 cm³/mol. The lowest BCUT2D eigenvalue weighted by Crippen LogP contribution is -2.28. The van der Waals surface area contributed by atoms with Gasteiger partial charge in [0.15, 0.2) is 0 Å². The van der Waals surface area contributed by atoms with E-state index in [1.165, 1.54) is 32.5 Å². The zero-order valence-electron chi connectivity index (χ0n) is 18.8. The molecule has 1 aromatic heterocycles. The highest BCUT2D eigenvalue weighted by Gasteiger charge is 2.46. The number of hydrogen-bond acceptors (Lipinski definition) is 2. The van der Waals surface area contributed by atoms with Crippen molar-refractivity contribution < 1.29 is 4.39 Å². The second-order valence-electron chi connectivity index (χ2n) is 8.92. The number of para-hydroxylation sites is 1. The summed E-state index contributed by atoms with van der Waals surface area (Å²) in [6, 6.07) is 41.1. The zero-order valence-corrected chi connectivity index (χ0v) is 19.6. The van der Waals surface area contributed by atoms with Crippen LogP contribution in [0.1, 0.15) is 22.3 Å². The third-order valence-corrected chi connectivity index (χ3v) is 8.16. The molecule has 0 spiro atoms. The van der Waals surface area contributed by atoms with E-state index in [2.05, 4.69) is 84.9 Å². The number of aromatic nitrogens is 1. The minimum atomic E-state index is -0.548. The number of benzene rings is 5. The first kappa shape index (κ1) is 20.3. The molecule has 166 valence electrons. The van der Waals surface area contributed by atoms with E-state index in [9.17, 15) is 4.39 Å². The molecule has 7 rings (SSSR count). The Hall–Kier alpha value is -4.08. The summed E-state index contributed by atoms with van der Waals surface area (Å²) in [5.41, 5.74) is 8.63. The fraction of sp³-hybridized carbons (Fsp3) is 0.0312. The van der Waals surface area contributed by atoms with Gasteiger partial charge in [0.1, 0.15) is 10.8 Å². The number of fused-ring (bicyclic) bond motifs is 4. The highest BCUT2D eigenvalue weighted by molar-refractivity contribution is 7.21. The third-order valence-electron chi connectivity index (χ3n) is 7.07. The summed E-state index contributed by atoms with van der Waals surface area (Å²) in [5.74, 6) is -0.230. The lowest BCUT2D eigenvalue weighted by Gasteiger charge is -2.34. The van der Waals surface area contributed by atoms with Crippen molar-refractivity contribution >= 4 is 21.6 Å². The molecule has 1 aliphatic rings. The summed E-state index contributed by atoms with van der Waals surface area (Å²) in [6.45, 7) is 0. The molecule has 1 unspecified atom stereocenters. The van der Waals surface area contributed by atoms with E-state index in [1.807, 2.05) is 24.3 Å². The Bertz CT molecular complexity index is 1670. The van der Waals surface area contributed by atoms with Crippen LogP contribution in [0.5, 0.6) is 0 Å². The Morgan fingerprint density at radius 2 is 1.29 bits per heavy atom. The molecule has 0 N–H and O–H groups in total. The van der Waals surface area contributed by atoms with E-state index in [4.69, 9.17) is 4.98 Å². The van der Waals surface area contributed by atoms with Crippen LogP contribution in [0, 0.1) is 5.82 Å². The van der Waals surface area contributed by atoms with Crippen LogP contribution in [0.15, 0.2) is 121 Å². The van der Waals surface area contributed by atoms with Crippen LogP contribution in [0.3, 0.4) is 0 Å². The SMILES string of the molecule is Fc1ccc(C2(c3ccccc3)c3ccccc3-c3ccc(-c4nc5ccccc5s4)cc32)cc1. The monoisotopic (exact) mass is 469 g/mol. The second kappa shape index (κ2) is 7.72. The van der Waals surface area contributed by atoms with Crippen LogP contribution < -0.4 is 0 Å². The van der Waals surface area contributed by atoms with E-state index in [-0.39, 0.29) is 5.82 Å². The molecule has 0 fully saturated rings. The lowest BCUT2D eigenvalue weighted by atomic mass is 9.67. The van der Waals surface area contributed by atoms with Gasteiger partial charge >= 0.3 is 0 Å². The quantitative estimate of drug-likeness (QED) is 0.253. The minimum Gasteiger partial charge on any atom is -0.236 e. The molecule has 1 nitrogen and oxygen atoms in total. The van der Waals surface area contributed by atoms with E-state index in [0.29, 0.717) is 0 Å². The number of thiazole rings is 1. The van der Waals surface area contributed by atoms with Crippen LogP contribution >= 0.6 is 11.3 Å². The molecule has 0 saturated heterocycles. The minimum absolute atomic E-state index is 0.230. The first-order valence-corrected chi connectivity index (χ1v) is 12.5. The van der Waals surface area contributed by atoms with Crippen molar-refractivity contribution in [1.29, 1.82) is 0 Å². The first-order chi connectivity index (χ1) is 17.2. The molecule has 0 bridgehead atoms. The van der Waals surface area contributed by atoms with Gasteiger partial charge in [0.25, 0.3) is 0 Å². The summed E-state index contributed by atoms with van der Waals surface area (Å²) >= 11 is 1.71. The van der Waals surface area contributed by atoms with E-state index >= 15 is 0 Å². The molecule has 0 amide bonds. The van der Waals surface area contributed by atoms with Crippen LogP contribution in [-0.4, -0.2) is 4.98 Å². The van der Waals surface area contributed by atoms with Gasteiger partial charge in [-0.25, -0.2) is 9.37 Å². The Balaban J connectivity index is 1.57. The molecule has 5 aromatic carbocycles. The van der Waals surface area contributed by atoms with Crippen molar-refractivity contribution in [2.24, 2.45) is 0 Å². The average Bonchev–Trinajstić information content (AvgIpc) is 3.47. The molecule has 1 heterocycles. The topological polar surface area (TPSA) is 12.9 Å². The summed E-state index contributed by atoms with van der Waals surface area (Å²) in [4.78, 5) is 4.93. The maximum Gasteiger partial charge on any atom is 0.124 e. The van der Waals surface area contributed by atoms with Crippen molar-refractivity contribution in [1.82, 2.24) is 4.98 Å². The highest BCUT2D eigenvalue weighted by Crippen LogP contribution is 2.56. The molecule has 0 aliphatic heterocycles. The standard InChI is InChI=1S/C32H20FNS/c33-24-17-15-23(16-18-24)32(22-8-2-1-3-9-22)27-11-5-4-10-25(27)26-19-14-21(20-28(26)32)31-34-29-12-6-7-13-30(29)35-31/h1-20H. The molecule has 0 radical (unpaired) electrons. The van der Waals surface area contributed by atoms with Crippen molar-refractivity contribution in [3.8, 4) is 21.7 Å². The van der Waals surface area contributed by atoms with Gasteiger partial charge in [0.2, 0.25) is 0 Å². The van der Waals surface area contributed by atoms with Crippen LogP contribution in [0.4, 0.5) is 4.39 Å². The van der Waals surface area contributed by atoms with Gasteiger partial charge in [-0.15, -0.1) is 11.3 Å². The maximum atomic E-state index is 14.1. The Kier molecular flexibility index (Phi) is 4.48. The normalized spacial score (nSPS) is 16.3. The fourth-order valence-corrected chi connectivity index (χ4v) is 6.55. The Labute approximate surface area is 207 Å². The Morgan fingerprint density at radius 1 is 0.600 bits per heavy atom. The van der Waals surface area contributed by atoms with Crippen LogP contribution in [0.2, 0.25) is 0 Å². The van der Waals surface area contributed by atoms with E-state index < -0.39 is 5.41 Å². The molecular formula is C32H20FNS. The van der Waals surface area contributed by atoms with Gasteiger partial charge in [-0.2, -0.15) is 0 Å². The summed E-state index contributed by atoms with van der Waals surface area (Å²) in [6.07, 6.45) is 0. The molecule has 1 aliphatic carbocycles. The van der Waals surface area contributed by atoms with Crippen molar-refractivity contribution in [2.75, 3.05) is 0 Å². The largest absolute Gasteiger partial charge is 0.236 e. The molecule has 0 saturated carbocycles. The fourth-order valence-electron chi connectivity index (χ4n) is 5.58. The first-order valence-electron chi connectivity index (χ1n) is 11.7. The summed E-state index contributed by atoms with van der Waals surface area (Å²) < 4.78 is 15.3. The van der Waals surface area contributed by atoms with Gasteiger partial charge in [-0.1, -0.05) is 91.0 Å². The number of hydrogen-bond donors (Lipinski definition) is 0. The number of nitrogens with zero attached hydrogens (tertiary/aromatic N) is 1. The van der Waals surface area contributed by atoms with Crippen molar-refractivity contribution in [3.05, 3.63) is 149 Å². The summed E-state index contributed by atoms with van der Waals surface area (Å²) in [7, 11) is 0. The number of halogens is 1. The van der Waals surface area contributed by atoms with Crippen molar-refractivity contribution in [3.63, 3.8) is 0 Å². The van der Waals surface area contributed by atoms with Gasteiger partial charge in [-0.3, -0.25) is 0 Å². The van der Waals surface area contributed by atoms with Crippen LogP contribution in [0.25, 0.3) is 31.9 Å². The third kappa shape index (κ3) is 2.95. The van der Waals surface area contributed by atoms with Gasteiger partial charge in [0.05, 0.1) is 15.6 Å². The Morgan fingerprint density at radius 3 is 2.11 bits per heavy atom. The van der Waals surface area contributed by atoms with Crippen molar-refractivity contribution in [2.45, 2.75) is 5.41 Å².